The minimum Gasteiger partial charge on any atom is -0.325 e. The second-order valence-electron chi connectivity index (χ2n) is 8.58. The summed E-state index contributed by atoms with van der Waals surface area (Å²) in [6.07, 6.45) is 1.47. The maximum atomic E-state index is 13.5. The molecule has 6 heteroatoms. The van der Waals surface area contributed by atoms with Crippen LogP contribution in [0, 0.1) is 0 Å². The first kappa shape index (κ1) is 22.9. The van der Waals surface area contributed by atoms with E-state index in [1.54, 1.807) is 42.5 Å². The van der Waals surface area contributed by atoms with Crippen molar-refractivity contribution < 1.29 is 13.2 Å². The van der Waals surface area contributed by atoms with Gasteiger partial charge < -0.3 is 5.32 Å². The van der Waals surface area contributed by atoms with Crippen molar-refractivity contribution in [2.24, 2.45) is 0 Å². The largest absolute Gasteiger partial charge is 0.325 e. The van der Waals surface area contributed by atoms with Crippen molar-refractivity contribution in [3.8, 4) is 0 Å². The molecule has 5 nitrogen and oxygen atoms in total. The van der Waals surface area contributed by atoms with E-state index in [2.05, 4.69) is 5.32 Å². The van der Waals surface area contributed by atoms with Crippen LogP contribution in [0.15, 0.2) is 114 Å². The lowest BCUT2D eigenvalue weighted by Crippen LogP contribution is -2.35. The van der Waals surface area contributed by atoms with Crippen LogP contribution in [0.2, 0.25) is 0 Å². The fraction of sp³-hybridized carbons (Fsp3) is 0.138. The summed E-state index contributed by atoms with van der Waals surface area (Å²) in [5, 5.41) is 3.07. The monoisotopic (exact) mass is 482 g/mol. The fourth-order valence-electron chi connectivity index (χ4n) is 4.61. The molecule has 4 aromatic carbocycles. The van der Waals surface area contributed by atoms with E-state index in [0.29, 0.717) is 24.3 Å². The number of aryl methyl sites for hydroxylation is 1. The van der Waals surface area contributed by atoms with Gasteiger partial charge in [-0.25, -0.2) is 8.42 Å². The molecule has 1 amide bonds. The molecule has 0 fully saturated rings. The summed E-state index contributed by atoms with van der Waals surface area (Å²) in [7, 11) is -3.65. The molecule has 1 N–H and O–H groups in total. The van der Waals surface area contributed by atoms with E-state index >= 15 is 0 Å². The van der Waals surface area contributed by atoms with Gasteiger partial charge in [0.25, 0.3) is 10.0 Å². The number of amides is 1. The predicted octanol–water partition coefficient (Wildman–Crippen LogP) is 5.60. The Morgan fingerprint density at radius 3 is 1.94 bits per heavy atom. The Morgan fingerprint density at radius 2 is 1.34 bits per heavy atom. The lowest BCUT2D eigenvalue weighted by molar-refractivity contribution is -0.116. The molecule has 0 bridgehead atoms. The fourth-order valence-corrected chi connectivity index (χ4v) is 6.17. The van der Waals surface area contributed by atoms with Gasteiger partial charge in [-0.15, -0.1) is 0 Å². The number of nitrogens with zero attached hydrogens (tertiary/aromatic N) is 1. The smallest absolute Gasteiger partial charge is 0.264 e. The van der Waals surface area contributed by atoms with Gasteiger partial charge >= 0.3 is 0 Å². The number of anilines is 2. The van der Waals surface area contributed by atoms with E-state index in [0.717, 1.165) is 23.1 Å². The average molecular weight is 483 g/mol. The van der Waals surface area contributed by atoms with Crippen LogP contribution in [0.1, 0.15) is 29.0 Å². The van der Waals surface area contributed by atoms with Crippen LogP contribution in [0.3, 0.4) is 0 Å². The summed E-state index contributed by atoms with van der Waals surface area (Å²) in [5.41, 5.74) is 4.05. The normalized spacial score (nSPS) is 13.3. The number of carbonyl (C=O) groups excluding carboxylic acids is 1. The van der Waals surface area contributed by atoms with Crippen LogP contribution in [0.4, 0.5) is 11.4 Å². The molecule has 0 spiro atoms. The van der Waals surface area contributed by atoms with Crippen molar-refractivity contribution in [3.63, 3.8) is 0 Å². The lowest BCUT2D eigenvalue weighted by atomic mass is 9.90. The molecule has 35 heavy (non-hydrogen) atoms. The maximum absolute atomic E-state index is 13.5. The number of sulfonamides is 1. The van der Waals surface area contributed by atoms with Crippen molar-refractivity contribution in [1.29, 1.82) is 0 Å². The molecule has 1 aliphatic heterocycles. The van der Waals surface area contributed by atoms with Gasteiger partial charge in [0, 0.05) is 12.2 Å². The molecule has 1 aliphatic rings. The van der Waals surface area contributed by atoms with Crippen LogP contribution < -0.4 is 9.62 Å². The van der Waals surface area contributed by atoms with Crippen molar-refractivity contribution in [3.05, 3.63) is 126 Å². The molecule has 0 aromatic heterocycles. The molecular weight excluding hydrogens is 456 g/mol. The highest BCUT2D eigenvalue weighted by Gasteiger charge is 2.29. The van der Waals surface area contributed by atoms with E-state index in [-0.39, 0.29) is 10.8 Å². The zero-order valence-corrected chi connectivity index (χ0v) is 20.0. The zero-order chi connectivity index (χ0) is 24.3. The van der Waals surface area contributed by atoms with Gasteiger partial charge in [0.15, 0.2) is 0 Å². The molecule has 0 aliphatic carbocycles. The molecule has 0 radical (unpaired) electrons. The minimum atomic E-state index is -3.65. The minimum absolute atomic E-state index is 0.132. The van der Waals surface area contributed by atoms with Gasteiger partial charge in [0.05, 0.1) is 16.5 Å². The molecule has 1 heterocycles. The highest BCUT2D eigenvalue weighted by Crippen LogP contribution is 2.34. The highest BCUT2D eigenvalue weighted by molar-refractivity contribution is 7.92. The van der Waals surface area contributed by atoms with Gasteiger partial charge in [0.1, 0.15) is 0 Å². The van der Waals surface area contributed by atoms with E-state index in [9.17, 15) is 13.2 Å². The Kier molecular flexibility index (Phi) is 6.38. The molecule has 176 valence electrons. The van der Waals surface area contributed by atoms with Crippen molar-refractivity contribution in [1.82, 2.24) is 0 Å². The number of benzene rings is 4. The summed E-state index contributed by atoms with van der Waals surface area (Å²) in [5.74, 6) is -0.588. The van der Waals surface area contributed by atoms with Crippen molar-refractivity contribution in [2.45, 2.75) is 23.7 Å². The van der Waals surface area contributed by atoms with Crippen LogP contribution >= 0.6 is 0 Å². The third kappa shape index (κ3) is 4.70. The average Bonchev–Trinajstić information content (AvgIpc) is 2.90. The molecule has 0 atom stereocenters. The Bertz CT molecular complexity index is 1380. The van der Waals surface area contributed by atoms with Crippen molar-refractivity contribution >= 4 is 27.3 Å². The van der Waals surface area contributed by atoms with Crippen LogP contribution in [0.25, 0.3) is 0 Å². The summed E-state index contributed by atoms with van der Waals surface area (Å²) < 4.78 is 28.0. The number of nitrogens with one attached hydrogen (secondary N) is 1. The predicted molar refractivity (Wildman–Crippen MR) is 139 cm³/mol. The van der Waals surface area contributed by atoms with Crippen LogP contribution in [-0.4, -0.2) is 20.9 Å². The number of carbonyl (C=O) groups is 1. The van der Waals surface area contributed by atoms with Crippen LogP contribution in [-0.2, 0) is 21.2 Å². The number of hydrogen-bond acceptors (Lipinski definition) is 3. The summed E-state index contributed by atoms with van der Waals surface area (Å²) in [4.78, 5) is 13.7. The second-order valence-corrected chi connectivity index (χ2v) is 10.4. The molecule has 5 rings (SSSR count). The summed E-state index contributed by atoms with van der Waals surface area (Å²) in [6.45, 7) is 0.431. The van der Waals surface area contributed by atoms with E-state index in [1.807, 2.05) is 66.7 Å². The first-order valence-corrected chi connectivity index (χ1v) is 13.1. The Balaban J connectivity index is 1.44. The SMILES string of the molecule is O=C(Nc1ccc2c(c1)CCCN2S(=O)(=O)c1ccccc1)C(c1ccccc1)c1ccccc1. The second kappa shape index (κ2) is 9.76. The van der Waals surface area contributed by atoms with E-state index in [4.69, 9.17) is 0 Å². The molecule has 4 aromatic rings. The van der Waals surface area contributed by atoms with Gasteiger partial charge in [-0.1, -0.05) is 78.9 Å². The Hall–Kier alpha value is -3.90. The molecular formula is C29H26N2O3S. The van der Waals surface area contributed by atoms with Gasteiger partial charge in [-0.05, 0) is 59.9 Å². The van der Waals surface area contributed by atoms with Crippen LogP contribution in [0.5, 0.6) is 0 Å². The Morgan fingerprint density at radius 1 is 0.771 bits per heavy atom. The third-order valence-corrected chi connectivity index (χ3v) is 8.11. The van der Waals surface area contributed by atoms with Gasteiger partial charge in [-0.2, -0.15) is 0 Å². The Labute approximate surface area is 206 Å². The molecule has 0 unspecified atom stereocenters. The first-order chi connectivity index (χ1) is 17.0. The molecule has 0 saturated heterocycles. The standard InChI is InChI=1S/C29H26N2O3S/c32-29(28(22-11-4-1-5-12-22)23-13-6-2-7-14-23)30-25-18-19-27-24(21-25)15-10-20-31(27)35(33,34)26-16-8-3-9-17-26/h1-9,11-14,16-19,21,28H,10,15,20H2,(H,30,32). The first-order valence-electron chi connectivity index (χ1n) is 11.7. The number of fused-ring (bicyclic) bond motifs is 1. The van der Waals surface area contributed by atoms with Gasteiger partial charge in [0.2, 0.25) is 5.91 Å². The third-order valence-electron chi connectivity index (χ3n) is 6.28. The van der Waals surface area contributed by atoms with E-state index in [1.165, 1.54) is 4.31 Å². The zero-order valence-electron chi connectivity index (χ0n) is 19.2. The topological polar surface area (TPSA) is 66.5 Å². The van der Waals surface area contributed by atoms with Crippen molar-refractivity contribution in [2.75, 3.05) is 16.2 Å². The summed E-state index contributed by atoms with van der Waals surface area (Å²) >= 11 is 0. The number of hydrogen-bond donors (Lipinski definition) is 1. The molecule has 0 saturated carbocycles. The highest BCUT2D eigenvalue weighted by atomic mass is 32.2. The maximum Gasteiger partial charge on any atom is 0.264 e. The quantitative estimate of drug-likeness (QED) is 0.389. The van der Waals surface area contributed by atoms with E-state index < -0.39 is 15.9 Å². The summed E-state index contributed by atoms with van der Waals surface area (Å²) in [6, 6.07) is 33.4. The lowest BCUT2D eigenvalue weighted by Gasteiger charge is -2.31. The van der Waals surface area contributed by atoms with Gasteiger partial charge in [-0.3, -0.25) is 9.10 Å². The number of rotatable bonds is 6.